The third kappa shape index (κ3) is 7.82. The van der Waals surface area contributed by atoms with Gasteiger partial charge in [0.2, 0.25) is 5.91 Å². The predicted molar refractivity (Wildman–Crippen MR) is 136 cm³/mol. The molecule has 1 aromatic rings. The van der Waals surface area contributed by atoms with Crippen LogP contribution < -0.4 is 11.1 Å². The lowest BCUT2D eigenvalue weighted by Crippen LogP contribution is -2.56. The molecule has 1 amide bonds. The summed E-state index contributed by atoms with van der Waals surface area (Å²) < 4.78 is 5.36. The van der Waals surface area contributed by atoms with Crippen LogP contribution >= 0.6 is 23.2 Å². The third-order valence-electron chi connectivity index (χ3n) is 6.89. The Bertz CT molecular complexity index is 817. The highest BCUT2D eigenvalue weighted by molar-refractivity contribution is 6.35. The van der Waals surface area contributed by atoms with Crippen LogP contribution in [0.15, 0.2) is 18.2 Å². The molecule has 0 spiro atoms. The van der Waals surface area contributed by atoms with Crippen LogP contribution in [0.2, 0.25) is 10.0 Å². The van der Waals surface area contributed by atoms with Crippen molar-refractivity contribution in [1.82, 2.24) is 15.1 Å². The number of rotatable bonds is 10. The summed E-state index contributed by atoms with van der Waals surface area (Å²) in [4.78, 5) is 29.7. The summed E-state index contributed by atoms with van der Waals surface area (Å²) in [5, 5.41) is 4.34. The molecule has 7 nitrogen and oxygen atoms in total. The molecule has 0 aromatic heterocycles. The van der Waals surface area contributed by atoms with Gasteiger partial charge in [-0.3, -0.25) is 19.4 Å². The number of nitrogens with two attached hydrogens (primary N) is 1. The molecule has 34 heavy (non-hydrogen) atoms. The average Bonchev–Trinajstić information content (AvgIpc) is 2.81. The second kappa shape index (κ2) is 13.6. The number of amides is 1. The first-order valence-corrected chi connectivity index (χ1v) is 13.2. The van der Waals surface area contributed by atoms with Crippen LogP contribution in [0.25, 0.3) is 0 Å². The van der Waals surface area contributed by atoms with Gasteiger partial charge < -0.3 is 15.8 Å². The molecule has 1 aliphatic carbocycles. The van der Waals surface area contributed by atoms with Crippen molar-refractivity contribution in [1.29, 1.82) is 0 Å². The van der Waals surface area contributed by atoms with Crippen molar-refractivity contribution in [2.45, 2.75) is 57.5 Å². The minimum Gasteiger partial charge on any atom is -0.466 e. The largest absolute Gasteiger partial charge is 0.466 e. The molecule has 1 aromatic carbocycles. The summed E-state index contributed by atoms with van der Waals surface area (Å²) in [6, 6.07) is 5.67. The van der Waals surface area contributed by atoms with Gasteiger partial charge in [-0.05, 0) is 43.9 Å². The van der Waals surface area contributed by atoms with Gasteiger partial charge in [0, 0.05) is 67.8 Å². The Morgan fingerprint density at radius 1 is 1.18 bits per heavy atom. The molecule has 3 atom stereocenters. The van der Waals surface area contributed by atoms with Crippen molar-refractivity contribution >= 4 is 35.1 Å². The second-order valence-electron chi connectivity index (χ2n) is 9.29. The first kappa shape index (κ1) is 27.2. The fourth-order valence-corrected chi connectivity index (χ4v) is 5.69. The first-order valence-electron chi connectivity index (χ1n) is 12.5. The molecular formula is C25H38Cl2N4O3. The summed E-state index contributed by atoms with van der Waals surface area (Å²) in [5.41, 5.74) is 6.54. The van der Waals surface area contributed by atoms with Gasteiger partial charge in [-0.2, -0.15) is 0 Å². The van der Waals surface area contributed by atoms with Crippen LogP contribution in [-0.2, 0) is 20.7 Å². The first-order chi connectivity index (χ1) is 16.4. The van der Waals surface area contributed by atoms with Gasteiger partial charge in [0.05, 0.1) is 12.5 Å². The average molecular weight is 514 g/mol. The van der Waals surface area contributed by atoms with Crippen molar-refractivity contribution in [3.05, 3.63) is 33.8 Å². The van der Waals surface area contributed by atoms with Crippen molar-refractivity contribution in [2.75, 3.05) is 45.9 Å². The van der Waals surface area contributed by atoms with Crippen LogP contribution in [0, 0.1) is 5.92 Å². The van der Waals surface area contributed by atoms with Gasteiger partial charge in [0.15, 0.2) is 0 Å². The fraction of sp³-hybridized carbons (Fsp3) is 0.680. The molecule has 2 fully saturated rings. The molecule has 2 aliphatic rings. The Balaban J connectivity index is 1.59. The van der Waals surface area contributed by atoms with Crippen LogP contribution in [0.3, 0.4) is 0 Å². The number of piperazine rings is 1. The van der Waals surface area contributed by atoms with E-state index in [4.69, 9.17) is 33.7 Å². The Labute approximate surface area is 213 Å². The highest BCUT2D eigenvalue weighted by Crippen LogP contribution is 2.30. The van der Waals surface area contributed by atoms with Crippen LogP contribution in [0.5, 0.6) is 0 Å². The van der Waals surface area contributed by atoms with E-state index in [0.717, 1.165) is 64.0 Å². The third-order valence-corrected chi connectivity index (χ3v) is 7.48. The Morgan fingerprint density at radius 3 is 2.59 bits per heavy atom. The van der Waals surface area contributed by atoms with E-state index >= 15 is 0 Å². The van der Waals surface area contributed by atoms with Crippen LogP contribution in [0.1, 0.15) is 44.6 Å². The maximum Gasteiger partial charge on any atom is 0.310 e. The number of nitrogens with zero attached hydrogens (tertiary/aromatic N) is 2. The molecule has 1 aliphatic heterocycles. The van der Waals surface area contributed by atoms with Gasteiger partial charge in [0.1, 0.15) is 0 Å². The number of hydrogen-bond acceptors (Lipinski definition) is 6. The number of carbonyl (C=O) groups excluding carboxylic acids is 2. The van der Waals surface area contributed by atoms with Crippen molar-refractivity contribution in [2.24, 2.45) is 11.7 Å². The number of esters is 1. The summed E-state index contributed by atoms with van der Waals surface area (Å²) in [6.07, 6.45) is 5.15. The number of hydrogen-bond donors (Lipinski definition) is 2. The van der Waals surface area contributed by atoms with Crippen molar-refractivity contribution in [3.63, 3.8) is 0 Å². The SMILES string of the molecule is CCOC(=O)C1CCCCC1N1CCN(C[C@H](Cc2ccc(Cl)cc2Cl)NC(=O)CCN)CC1. The molecule has 9 heteroatoms. The van der Waals surface area contributed by atoms with E-state index in [0.29, 0.717) is 36.0 Å². The van der Waals surface area contributed by atoms with E-state index in [1.54, 1.807) is 6.07 Å². The maximum absolute atomic E-state index is 12.5. The summed E-state index contributed by atoms with van der Waals surface area (Å²) in [5.74, 6) is -0.108. The van der Waals surface area contributed by atoms with Gasteiger partial charge in [-0.25, -0.2) is 0 Å². The molecule has 2 unspecified atom stereocenters. The van der Waals surface area contributed by atoms with E-state index in [1.807, 2.05) is 19.1 Å². The summed E-state index contributed by atoms with van der Waals surface area (Å²) in [7, 11) is 0. The number of nitrogens with one attached hydrogen (secondary N) is 1. The lowest BCUT2D eigenvalue weighted by Gasteiger charge is -2.44. The topological polar surface area (TPSA) is 87.9 Å². The Hall–Kier alpha value is -1.38. The van der Waals surface area contributed by atoms with E-state index in [9.17, 15) is 9.59 Å². The summed E-state index contributed by atoms with van der Waals surface area (Å²) in [6.45, 7) is 6.96. The smallest absolute Gasteiger partial charge is 0.310 e. The lowest BCUT2D eigenvalue weighted by molar-refractivity contribution is -0.152. The minimum atomic E-state index is -0.0776. The zero-order chi connectivity index (χ0) is 24.5. The number of carbonyl (C=O) groups is 2. The molecule has 3 rings (SSSR count). The van der Waals surface area contributed by atoms with Crippen LogP contribution in [-0.4, -0.2) is 79.6 Å². The Morgan fingerprint density at radius 2 is 1.91 bits per heavy atom. The zero-order valence-corrected chi connectivity index (χ0v) is 21.6. The molecule has 1 saturated carbocycles. The van der Waals surface area contributed by atoms with E-state index in [1.165, 1.54) is 0 Å². The maximum atomic E-state index is 12.5. The zero-order valence-electron chi connectivity index (χ0n) is 20.1. The fourth-order valence-electron chi connectivity index (χ4n) is 5.21. The standard InChI is InChI=1S/C25H38Cl2N4O3/c1-2-34-25(33)21-5-3-4-6-23(21)31-13-11-30(12-14-31)17-20(29-24(32)9-10-28)15-18-7-8-19(26)16-22(18)27/h7-8,16,20-21,23H,2-6,9-15,17,28H2,1H3,(H,29,32)/t20-,21?,23?/m0/s1. The molecule has 0 radical (unpaired) electrons. The number of ether oxygens (including phenoxy) is 1. The van der Waals surface area contributed by atoms with Crippen molar-refractivity contribution in [3.8, 4) is 0 Å². The molecule has 3 N–H and O–H groups in total. The highest BCUT2D eigenvalue weighted by Gasteiger charge is 2.37. The van der Waals surface area contributed by atoms with Crippen molar-refractivity contribution < 1.29 is 14.3 Å². The molecule has 0 bridgehead atoms. The molecule has 190 valence electrons. The second-order valence-corrected chi connectivity index (χ2v) is 10.1. The van der Waals surface area contributed by atoms with Crippen LogP contribution in [0.4, 0.5) is 0 Å². The number of benzene rings is 1. The number of halogens is 2. The van der Waals surface area contributed by atoms with E-state index in [-0.39, 0.29) is 29.9 Å². The predicted octanol–water partition coefficient (Wildman–Crippen LogP) is 3.11. The quantitative estimate of drug-likeness (QED) is 0.468. The minimum absolute atomic E-state index is 0.0180. The monoisotopic (exact) mass is 512 g/mol. The normalized spacial score (nSPS) is 22.8. The van der Waals surface area contributed by atoms with Gasteiger partial charge in [-0.15, -0.1) is 0 Å². The Kier molecular flexibility index (Phi) is 10.9. The molecule has 1 saturated heterocycles. The molecule has 1 heterocycles. The summed E-state index contributed by atoms with van der Waals surface area (Å²) >= 11 is 12.5. The van der Waals surface area contributed by atoms with Gasteiger partial charge >= 0.3 is 5.97 Å². The lowest BCUT2D eigenvalue weighted by atomic mass is 9.83. The highest BCUT2D eigenvalue weighted by atomic mass is 35.5. The van der Waals surface area contributed by atoms with E-state index < -0.39 is 0 Å². The van der Waals surface area contributed by atoms with E-state index in [2.05, 4.69) is 15.1 Å². The van der Waals surface area contributed by atoms with Gasteiger partial charge in [0.25, 0.3) is 0 Å². The van der Waals surface area contributed by atoms with Gasteiger partial charge in [-0.1, -0.05) is 42.1 Å². The molecular weight excluding hydrogens is 475 g/mol.